The van der Waals surface area contributed by atoms with Crippen molar-refractivity contribution in [2.45, 2.75) is 9.79 Å². The van der Waals surface area contributed by atoms with E-state index in [4.69, 9.17) is 11.5 Å². The summed E-state index contributed by atoms with van der Waals surface area (Å²) in [5.74, 6) is 0. The summed E-state index contributed by atoms with van der Waals surface area (Å²) in [6, 6.07) is 11.9. The molecule has 0 aliphatic heterocycles. The molecule has 2 aromatic rings. The topological polar surface area (TPSA) is 127 Å². The van der Waals surface area contributed by atoms with Crippen molar-refractivity contribution in [3.05, 3.63) is 48.5 Å². The molecule has 2 rings (SSSR count). The van der Waals surface area contributed by atoms with Gasteiger partial charge in [-0.1, -0.05) is 12.1 Å². The largest absolute Gasteiger partial charge is 0.399 e. The van der Waals surface area contributed by atoms with E-state index in [2.05, 4.69) is 0 Å². The summed E-state index contributed by atoms with van der Waals surface area (Å²) in [4.78, 5) is 0.114. The van der Waals surface area contributed by atoms with Gasteiger partial charge in [-0.2, -0.15) is 8.61 Å². The number of sulfonamides is 2. The molecule has 0 bridgehead atoms. The van der Waals surface area contributed by atoms with Gasteiger partial charge in [0.25, 0.3) is 0 Å². The number of nitrogen functional groups attached to an aromatic ring is 2. The summed E-state index contributed by atoms with van der Waals surface area (Å²) in [7, 11) is -4.75. The number of benzene rings is 2. The highest BCUT2D eigenvalue weighted by atomic mass is 32.2. The first kappa shape index (κ1) is 20.2. The van der Waals surface area contributed by atoms with Crippen molar-refractivity contribution in [2.75, 3.05) is 38.7 Å². The molecule has 0 aliphatic carbocycles. The zero-order valence-corrected chi connectivity index (χ0v) is 16.2. The van der Waals surface area contributed by atoms with Crippen LogP contribution in [-0.4, -0.2) is 52.6 Å². The molecule has 0 atom stereocenters. The molecule has 142 valence electrons. The minimum absolute atomic E-state index is 0.0187. The Morgan fingerprint density at radius 1 is 0.731 bits per heavy atom. The summed E-state index contributed by atoms with van der Waals surface area (Å²) in [5.41, 5.74) is 11.9. The molecule has 0 amide bonds. The Morgan fingerprint density at radius 3 is 1.38 bits per heavy atom. The first-order chi connectivity index (χ1) is 12.0. The Balaban J connectivity index is 2.12. The van der Waals surface area contributed by atoms with Gasteiger partial charge in [0.05, 0.1) is 9.79 Å². The molecule has 0 saturated carbocycles. The van der Waals surface area contributed by atoms with E-state index in [0.29, 0.717) is 11.4 Å². The first-order valence-corrected chi connectivity index (χ1v) is 10.6. The van der Waals surface area contributed by atoms with Crippen LogP contribution in [0.2, 0.25) is 0 Å². The second-order valence-corrected chi connectivity index (χ2v) is 9.89. The Morgan fingerprint density at radius 2 is 1.08 bits per heavy atom. The maximum atomic E-state index is 12.5. The smallest absolute Gasteiger partial charge is 0.242 e. The molecule has 0 radical (unpaired) electrons. The zero-order valence-electron chi connectivity index (χ0n) is 14.5. The monoisotopic (exact) mass is 398 g/mol. The lowest BCUT2D eigenvalue weighted by Crippen LogP contribution is -2.37. The average molecular weight is 399 g/mol. The molecule has 0 aliphatic rings. The van der Waals surface area contributed by atoms with Gasteiger partial charge in [0.1, 0.15) is 0 Å². The molecular weight excluding hydrogens is 376 g/mol. The highest BCUT2D eigenvalue weighted by molar-refractivity contribution is 7.89. The quantitative estimate of drug-likeness (QED) is 0.664. The lowest BCUT2D eigenvalue weighted by molar-refractivity contribution is 0.404. The van der Waals surface area contributed by atoms with Crippen molar-refractivity contribution >= 4 is 31.4 Å². The Labute approximate surface area is 154 Å². The SMILES string of the molecule is CN(CCN(C)S(=O)(=O)c1cccc(N)c1)S(=O)(=O)c1cccc(N)c1. The van der Waals surface area contributed by atoms with Gasteiger partial charge in [-0.3, -0.25) is 0 Å². The van der Waals surface area contributed by atoms with Gasteiger partial charge in [0.15, 0.2) is 0 Å². The van der Waals surface area contributed by atoms with Crippen LogP contribution in [0.15, 0.2) is 58.3 Å². The number of hydrogen-bond donors (Lipinski definition) is 2. The molecular formula is C16H22N4O4S2. The maximum absolute atomic E-state index is 12.5. The number of rotatable bonds is 7. The summed E-state index contributed by atoms with van der Waals surface area (Å²) >= 11 is 0. The van der Waals surface area contributed by atoms with Crippen LogP contribution in [0.3, 0.4) is 0 Å². The minimum Gasteiger partial charge on any atom is -0.399 e. The van der Waals surface area contributed by atoms with Gasteiger partial charge in [-0.15, -0.1) is 0 Å². The van der Waals surface area contributed by atoms with Crippen molar-refractivity contribution in [3.8, 4) is 0 Å². The van der Waals surface area contributed by atoms with E-state index in [0.717, 1.165) is 8.61 Å². The fourth-order valence-corrected chi connectivity index (χ4v) is 4.67. The van der Waals surface area contributed by atoms with E-state index in [9.17, 15) is 16.8 Å². The van der Waals surface area contributed by atoms with Crippen LogP contribution in [0.1, 0.15) is 0 Å². The van der Waals surface area contributed by atoms with E-state index in [1.165, 1.54) is 38.4 Å². The summed E-state index contributed by atoms with van der Waals surface area (Å²) in [5, 5.41) is 0. The molecule has 0 heterocycles. The molecule has 2 aromatic carbocycles. The second-order valence-electron chi connectivity index (χ2n) is 5.80. The zero-order chi connectivity index (χ0) is 19.5. The fraction of sp³-hybridized carbons (Fsp3) is 0.250. The van der Waals surface area contributed by atoms with Crippen LogP contribution < -0.4 is 11.5 Å². The Kier molecular flexibility index (Phi) is 5.91. The van der Waals surface area contributed by atoms with Crippen molar-refractivity contribution in [1.29, 1.82) is 0 Å². The third-order valence-corrected chi connectivity index (χ3v) is 7.57. The second kappa shape index (κ2) is 7.62. The van der Waals surface area contributed by atoms with Crippen LogP contribution in [0.5, 0.6) is 0 Å². The van der Waals surface area contributed by atoms with Gasteiger partial charge in [0, 0.05) is 38.6 Å². The molecule has 0 aromatic heterocycles. The summed E-state index contributed by atoms with van der Waals surface area (Å²) < 4.78 is 52.4. The lowest BCUT2D eigenvalue weighted by Gasteiger charge is -2.22. The summed E-state index contributed by atoms with van der Waals surface area (Å²) in [6.07, 6.45) is 0. The third-order valence-electron chi connectivity index (χ3n) is 3.86. The van der Waals surface area contributed by atoms with Crippen molar-refractivity contribution in [2.24, 2.45) is 0 Å². The molecule has 4 N–H and O–H groups in total. The minimum atomic E-state index is -3.76. The predicted octanol–water partition coefficient (Wildman–Crippen LogP) is 0.792. The summed E-state index contributed by atoms with van der Waals surface area (Å²) in [6.45, 7) is -0.0373. The fourth-order valence-electron chi connectivity index (χ4n) is 2.23. The van der Waals surface area contributed by atoms with E-state index in [1.807, 2.05) is 0 Å². The van der Waals surface area contributed by atoms with E-state index in [-0.39, 0.29) is 22.9 Å². The van der Waals surface area contributed by atoms with Crippen molar-refractivity contribution in [1.82, 2.24) is 8.61 Å². The molecule has 26 heavy (non-hydrogen) atoms. The van der Waals surface area contributed by atoms with Crippen LogP contribution in [-0.2, 0) is 20.0 Å². The number of nitrogens with two attached hydrogens (primary N) is 2. The molecule has 0 unspecified atom stereocenters. The Bertz CT molecular complexity index is 909. The van der Waals surface area contributed by atoms with Crippen LogP contribution in [0, 0.1) is 0 Å². The standard InChI is InChI=1S/C16H22N4O4S2/c1-19(25(21,22)15-7-3-5-13(17)11-15)9-10-20(2)26(23,24)16-8-4-6-14(18)12-16/h3-8,11-12H,9-10,17-18H2,1-2H3. The van der Waals surface area contributed by atoms with Gasteiger partial charge < -0.3 is 11.5 Å². The Hall–Kier alpha value is -2.14. The predicted molar refractivity (Wildman–Crippen MR) is 101 cm³/mol. The van der Waals surface area contributed by atoms with Gasteiger partial charge >= 0.3 is 0 Å². The number of anilines is 2. The maximum Gasteiger partial charge on any atom is 0.242 e. The molecule has 0 saturated heterocycles. The highest BCUT2D eigenvalue weighted by Crippen LogP contribution is 2.19. The van der Waals surface area contributed by atoms with Crippen LogP contribution in [0.25, 0.3) is 0 Å². The van der Waals surface area contributed by atoms with E-state index < -0.39 is 20.0 Å². The number of nitrogens with zero attached hydrogens (tertiary/aromatic N) is 2. The van der Waals surface area contributed by atoms with Gasteiger partial charge in [0.2, 0.25) is 20.0 Å². The van der Waals surface area contributed by atoms with Crippen LogP contribution >= 0.6 is 0 Å². The third kappa shape index (κ3) is 4.33. The molecule has 10 heteroatoms. The van der Waals surface area contributed by atoms with Crippen LogP contribution in [0.4, 0.5) is 11.4 Å². The van der Waals surface area contributed by atoms with Gasteiger partial charge in [-0.05, 0) is 36.4 Å². The highest BCUT2D eigenvalue weighted by Gasteiger charge is 2.25. The van der Waals surface area contributed by atoms with E-state index >= 15 is 0 Å². The first-order valence-electron chi connectivity index (χ1n) is 7.69. The normalized spacial score (nSPS) is 12.6. The van der Waals surface area contributed by atoms with Crippen molar-refractivity contribution < 1.29 is 16.8 Å². The molecule has 0 fully saturated rings. The average Bonchev–Trinajstić information content (AvgIpc) is 2.59. The van der Waals surface area contributed by atoms with E-state index in [1.54, 1.807) is 24.3 Å². The lowest BCUT2D eigenvalue weighted by atomic mass is 10.3. The van der Waals surface area contributed by atoms with Gasteiger partial charge in [-0.25, -0.2) is 16.8 Å². The molecule has 8 nitrogen and oxygen atoms in total. The number of hydrogen-bond acceptors (Lipinski definition) is 6. The number of likely N-dealkylation sites (N-methyl/N-ethyl adjacent to an activating group) is 2. The van der Waals surface area contributed by atoms with Crippen molar-refractivity contribution in [3.63, 3.8) is 0 Å². The molecule has 0 spiro atoms.